The number of nitrogens with two attached hydrogens (primary N) is 1. The molecule has 0 aromatic heterocycles. The first-order valence-corrected chi connectivity index (χ1v) is 7.77. The van der Waals surface area contributed by atoms with Crippen molar-refractivity contribution in [1.29, 1.82) is 0 Å². The van der Waals surface area contributed by atoms with Gasteiger partial charge in [-0.15, -0.1) is 0 Å². The first kappa shape index (κ1) is 15.0. The van der Waals surface area contributed by atoms with Gasteiger partial charge in [0.1, 0.15) is 0 Å². The molecule has 0 amide bonds. The van der Waals surface area contributed by atoms with Crippen LogP contribution in [0.3, 0.4) is 0 Å². The third-order valence-corrected chi connectivity index (χ3v) is 5.04. The molecule has 1 saturated carbocycles. The van der Waals surface area contributed by atoms with Gasteiger partial charge in [-0.2, -0.15) is 0 Å². The standard InChI is InChI=1S/C16H30N2O/c1-14-3-7-16(12-17,8-4-14)13-18-9-5-15(6-10-18)11-19-2/h5,14H,3-4,6-13,17H2,1-2H3. The number of rotatable bonds is 5. The van der Waals surface area contributed by atoms with E-state index in [1.54, 1.807) is 7.11 Å². The Balaban J connectivity index is 1.86. The molecule has 0 unspecified atom stereocenters. The molecule has 0 saturated heterocycles. The van der Waals surface area contributed by atoms with Crippen LogP contribution in [0.1, 0.15) is 39.0 Å². The maximum Gasteiger partial charge on any atom is 0.0673 e. The molecule has 0 bridgehead atoms. The Morgan fingerprint density at radius 1 is 1.42 bits per heavy atom. The summed E-state index contributed by atoms with van der Waals surface area (Å²) >= 11 is 0. The molecule has 0 radical (unpaired) electrons. The molecule has 3 nitrogen and oxygen atoms in total. The van der Waals surface area contributed by atoms with Crippen molar-refractivity contribution >= 4 is 0 Å². The Morgan fingerprint density at radius 3 is 2.68 bits per heavy atom. The van der Waals surface area contributed by atoms with Gasteiger partial charge in [0.2, 0.25) is 0 Å². The second-order valence-electron chi connectivity index (χ2n) is 6.67. The van der Waals surface area contributed by atoms with Gasteiger partial charge in [-0.1, -0.05) is 25.8 Å². The van der Waals surface area contributed by atoms with E-state index in [9.17, 15) is 0 Å². The lowest BCUT2D eigenvalue weighted by Gasteiger charge is -2.42. The fourth-order valence-electron chi connectivity index (χ4n) is 3.49. The number of ether oxygens (including phenoxy) is 1. The summed E-state index contributed by atoms with van der Waals surface area (Å²) in [6.07, 6.45) is 8.85. The van der Waals surface area contributed by atoms with Gasteiger partial charge in [-0.3, -0.25) is 4.90 Å². The Morgan fingerprint density at radius 2 is 2.16 bits per heavy atom. The molecule has 110 valence electrons. The average molecular weight is 266 g/mol. The van der Waals surface area contributed by atoms with E-state index in [-0.39, 0.29) is 0 Å². The van der Waals surface area contributed by atoms with Gasteiger partial charge in [0.05, 0.1) is 6.61 Å². The fourth-order valence-corrected chi connectivity index (χ4v) is 3.49. The summed E-state index contributed by atoms with van der Waals surface area (Å²) in [4.78, 5) is 2.59. The van der Waals surface area contributed by atoms with E-state index in [0.717, 1.165) is 32.0 Å². The summed E-state index contributed by atoms with van der Waals surface area (Å²) in [6, 6.07) is 0. The molecule has 1 fully saturated rings. The molecule has 2 N–H and O–H groups in total. The lowest BCUT2D eigenvalue weighted by molar-refractivity contribution is 0.0974. The molecular formula is C16H30N2O. The number of nitrogens with zero attached hydrogens (tertiary/aromatic N) is 1. The summed E-state index contributed by atoms with van der Waals surface area (Å²) in [5.41, 5.74) is 7.96. The molecular weight excluding hydrogens is 236 g/mol. The molecule has 2 aliphatic rings. The highest BCUT2D eigenvalue weighted by molar-refractivity contribution is 5.08. The zero-order chi connectivity index (χ0) is 13.7. The van der Waals surface area contributed by atoms with Crippen molar-refractivity contribution in [3.8, 4) is 0 Å². The average Bonchev–Trinajstić information content (AvgIpc) is 2.44. The van der Waals surface area contributed by atoms with Crippen molar-refractivity contribution in [3.05, 3.63) is 11.6 Å². The number of methoxy groups -OCH3 is 1. The van der Waals surface area contributed by atoms with E-state index in [2.05, 4.69) is 17.9 Å². The van der Waals surface area contributed by atoms with Crippen LogP contribution >= 0.6 is 0 Å². The Bertz CT molecular complexity index is 306. The first-order chi connectivity index (χ1) is 9.17. The summed E-state index contributed by atoms with van der Waals surface area (Å²) in [5.74, 6) is 0.897. The Hall–Kier alpha value is -0.380. The van der Waals surface area contributed by atoms with Gasteiger partial charge in [0, 0.05) is 26.7 Å². The predicted molar refractivity (Wildman–Crippen MR) is 80.1 cm³/mol. The molecule has 1 aliphatic heterocycles. The maximum atomic E-state index is 6.11. The largest absolute Gasteiger partial charge is 0.380 e. The summed E-state index contributed by atoms with van der Waals surface area (Å²) in [5, 5.41) is 0. The highest BCUT2D eigenvalue weighted by atomic mass is 16.5. The van der Waals surface area contributed by atoms with Crippen LogP contribution in [0, 0.1) is 11.3 Å². The normalized spacial score (nSPS) is 33.2. The van der Waals surface area contributed by atoms with E-state index in [0.29, 0.717) is 5.41 Å². The zero-order valence-electron chi connectivity index (χ0n) is 12.7. The fraction of sp³-hybridized carbons (Fsp3) is 0.875. The minimum Gasteiger partial charge on any atom is -0.380 e. The van der Waals surface area contributed by atoms with Crippen molar-refractivity contribution in [2.75, 3.05) is 39.9 Å². The van der Waals surface area contributed by atoms with Crippen molar-refractivity contribution in [3.63, 3.8) is 0 Å². The predicted octanol–water partition coefficient (Wildman–Crippen LogP) is 2.42. The Labute approximate surface area is 118 Å². The van der Waals surface area contributed by atoms with Gasteiger partial charge in [-0.05, 0) is 42.7 Å². The quantitative estimate of drug-likeness (QED) is 0.777. The lowest BCUT2D eigenvalue weighted by atomic mass is 9.70. The lowest BCUT2D eigenvalue weighted by Crippen LogP contribution is -2.46. The molecule has 0 spiro atoms. The van der Waals surface area contributed by atoms with Crippen LogP contribution in [-0.4, -0.2) is 44.8 Å². The van der Waals surface area contributed by atoms with Gasteiger partial charge >= 0.3 is 0 Å². The molecule has 3 heteroatoms. The monoisotopic (exact) mass is 266 g/mol. The molecule has 2 rings (SSSR count). The molecule has 1 aliphatic carbocycles. The van der Waals surface area contributed by atoms with Crippen LogP contribution in [-0.2, 0) is 4.74 Å². The van der Waals surface area contributed by atoms with Crippen LogP contribution in [0.2, 0.25) is 0 Å². The summed E-state index contributed by atoms with van der Waals surface area (Å²) in [7, 11) is 1.78. The SMILES string of the molecule is COCC1=CCN(CC2(CN)CCC(C)CC2)CC1. The van der Waals surface area contributed by atoms with Crippen LogP contribution < -0.4 is 5.73 Å². The first-order valence-electron chi connectivity index (χ1n) is 7.77. The van der Waals surface area contributed by atoms with Crippen LogP contribution in [0.15, 0.2) is 11.6 Å². The topological polar surface area (TPSA) is 38.5 Å². The van der Waals surface area contributed by atoms with Crippen LogP contribution in [0.4, 0.5) is 0 Å². The highest BCUT2D eigenvalue weighted by Crippen LogP contribution is 2.39. The van der Waals surface area contributed by atoms with E-state index in [4.69, 9.17) is 10.5 Å². The van der Waals surface area contributed by atoms with Crippen molar-refractivity contribution in [2.24, 2.45) is 17.1 Å². The smallest absolute Gasteiger partial charge is 0.0673 e. The molecule has 0 atom stereocenters. The van der Waals surface area contributed by atoms with Crippen molar-refractivity contribution < 1.29 is 4.74 Å². The zero-order valence-corrected chi connectivity index (χ0v) is 12.7. The highest BCUT2D eigenvalue weighted by Gasteiger charge is 2.34. The van der Waals surface area contributed by atoms with Gasteiger partial charge in [-0.25, -0.2) is 0 Å². The molecule has 1 heterocycles. The van der Waals surface area contributed by atoms with Crippen molar-refractivity contribution in [1.82, 2.24) is 4.90 Å². The van der Waals surface area contributed by atoms with Gasteiger partial charge < -0.3 is 10.5 Å². The summed E-state index contributed by atoms with van der Waals surface area (Å²) in [6.45, 7) is 7.47. The van der Waals surface area contributed by atoms with Crippen molar-refractivity contribution in [2.45, 2.75) is 39.0 Å². The second-order valence-corrected chi connectivity index (χ2v) is 6.67. The van der Waals surface area contributed by atoms with Gasteiger partial charge in [0.15, 0.2) is 0 Å². The van der Waals surface area contributed by atoms with E-state index >= 15 is 0 Å². The number of hydrogen-bond donors (Lipinski definition) is 1. The molecule has 19 heavy (non-hydrogen) atoms. The maximum absolute atomic E-state index is 6.11. The number of hydrogen-bond acceptors (Lipinski definition) is 3. The minimum absolute atomic E-state index is 0.388. The second kappa shape index (κ2) is 6.87. The van der Waals surface area contributed by atoms with E-state index in [1.807, 2.05) is 0 Å². The third kappa shape index (κ3) is 4.04. The van der Waals surface area contributed by atoms with Crippen LogP contribution in [0.5, 0.6) is 0 Å². The minimum atomic E-state index is 0.388. The molecule has 0 aromatic rings. The van der Waals surface area contributed by atoms with E-state index < -0.39 is 0 Å². The third-order valence-electron chi connectivity index (χ3n) is 5.04. The van der Waals surface area contributed by atoms with Gasteiger partial charge in [0.25, 0.3) is 0 Å². The van der Waals surface area contributed by atoms with E-state index in [1.165, 1.54) is 44.3 Å². The molecule has 0 aromatic carbocycles. The Kier molecular flexibility index (Phi) is 5.43. The van der Waals surface area contributed by atoms with Crippen LogP contribution in [0.25, 0.3) is 0 Å². The summed E-state index contributed by atoms with van der Waals surface area (Å²) < 4.78 is 5.21.